The molecule has 2 aromatic heterocycles. The Kier molecular flexibility index (Phi) is 6.51. The van der Waals surface area contributed by atoms with Crippen molar-refractivity contribution < 1.29 is 18.3 Å². The molecule has 0 atom stereocenters. The number of hydrogen-bond donors (Lipinski definition) is 2. The molecule has 2 heterocycles. The van der Waals surface area contributed by atoms with Gasteiger partial charge < -0.3 is 25.0 Å². The SMILES string of the molecule is COc1cc(Nc2nccc(Nc3cnc4cc(F)cc(F)c4c3)n2)ccc1OC1CC(N(C)C)C1. The van der Waals surface area contributed by atoms with E-state index in [1.807, 2.05) is 18.2 Å². The first-order valence-corrected chi connectivity index (χ1v) is 11.5. The third-order valence-corrected chi connectivity index (χ3v) is 6.16. The Morgan fingerprint density at radius 1 is 0.944 bits per heavy atom. The standard InChI is InChI=1S/C26H26F2N6O2/c1-34(2)18-12-19(13-18)36-23-5-4-16(11-24(23)35-3)32-26-29-7-6-25(33-26)31-17-10-20-21(28)8-15(27)9-22(20)30-14-17/h4-11,14,18-19H,12-13H2,1-3H3,(H2,29,31,32,33). The number of rotatable bonds is 8. The molecule has 1 aliphatic carbocycles. The zero-order valence-corrected chi connectivity index (χ0v) is 20.1. The number of methoxy groups -OCH3 is 1. The Hall–Kier alpha value is -4.05. The minimum Gasteiger partial charge on any atom is -0.493 e. The second kappa shape index (κ2) is 9.90. The van der Waals surface area contributed by atoms with Crippen molar-refractivity contribution in [3.05, 3.63) is 66.5 Å². The van der Waals surface area contributed by atoms with Crippen molar-refractivity contribution >= 4 is 34.0 Å². The van der Waals surface area contributed by atoms with E-state index in [1.54, 1.807) is 25.4 Å². The van der Waals surface area contributed by atoms with Crippen LogP contribution in [0.3, 0.4) is 0 Å². The summed E-state index contributed by atoms with van der Waals surface area (Å²) in [7, 11) is 5.76. The molecule has 4 aromatic rings. The van der Waals surface area contributed by atoms with Crippen LogP contribution in [0.25, 0.3) is 10.9 Å². The summed E-state index contributed by atoms with van der Waals surface area (Å²) in [5, 5.41) is 6.45. The van der Waals surface area contributed by atoms with Crippen LogP contribution in [0.1, 0.15) is 12.8 Å². The number of aromatic nitrogens is 3. The number of anilines is 4. The summed E-state index contributed by atoms with van der Waals surface area (Å²) in [6.07, 6.45) is 5.23. The van der Waals surface area contributed by atoms with Crippen LogP contribution in [0.5, 0.6) is 11.5 Å². The summed E-state index contributed by atoms with van der Waals surface area (Å²) in [4.78, 5) is 15.1. The van der Waals surface area contributed by atoms with Crippen LogP contribution in [0.2, 0.25) is 0 Å². The van der Waals surface area contributed by atoms with E-state index in [4.69, 9.17) is 9.47 Å². The zero-order chi connectivity index (χ0) is 25.2. The highest BCUT2D eigenvalue weighted by Gasteiger charge is 2.32. The van der Waals surface area contributed by atoms with E-state index in [1.165, 1.54) is 12.3 Å². The monoisotopic (exact) mass is 492 g/mol. The smallest absolute Gasteiger partial charge is 0.229 e. The number of fused-ring (bicyclic) bond motifs is 1. The summed E-state index contributed by atoms with van der Waals surface area (Å²) >= 11 is 0. The fourth-order valence-corrected chi connectivity index (χ4v) is 4.06. The highest BCUT2D eigenvalue weighted by molar-refractivity contribution is 5.83. The van der Waals surface area contributed by atoms with Gasteiger partial charge in [-0.25, -0.2) is 13.8 Å². The second-order valence-electron chi connectivity index (χ2n) is 8.89. The van der Waals surface area contributed by atoms with E-state index in [0.717, 1.165) is 24.6 Å². The lowest BCUT2D eigenvalue weighted by atomic mass is 9.88. The number of benzene rings is 2. The maximum Gasteiger partial charge on any atom is 0.229 e. The van der Waals surface area contributed by atoms with Crippen LogP contribution in [0.15, 0.2) is 54.9 Å². The summed E-state index contributed by atoms with van der Waals surface area (Å²) in [5.74, 6) is 0.786. The van der Waals surface area contributed by atoms with E-state index in [-0.39, 0.29) is 17.0 Å². The van der Waals surface area contributed by atoms with Crippen LogP contribution in [-0.2, 0) is 0 Å². The first-order valence-electron chi connectivity index (χ1n) is 11.5. The molecule has 186 valence electrons. The molecule has 0 unspecified atom stereocenters. The maximum atomic E-state index is 14.1. The lowest BCUT2D eigenvalue weighted by Crippen LogP contribution is -2.46. The van der Waals surface area contributed by atoms with E-state index in [9.17, 15) is 8.78 Å². The zero-order valence-electron chi connectivity index (χ0n) is 20.1. The van der Waals surface area contributed by atoms with Crippen molar-refractivity contribution in [3.8, 4) is 11.5 Å². The molecule has 0 amide bonds. The molecular weight excluding hydrogens is 466 g/mol. The van der Waals surface area contributed by atoms with Crippen LogP contribution in [0, 0.1) is 11.6 Å². The third kappa shape index (κ3) is 5.13. The molecular formula is C26H26F2N6O2. The molecule has 0 saturated heterocycles. The molecule has 8 nitrogen and oxygen atoms in total. The number of hydrogen-bond acceptors (Lipinski definition) is 8. The molecule has 2 aromatic carbocycles. The Bertz CT molecular complexity index is 1390. The predicted molar refractivity (Wildman–Crippen MR) is 134 cm³/mol. The van der Waals surface area contributed by atoms with E-state index >= 15 is 0 Å². The number of pyridine rings is 1. The molecule has 5 rings (SSSR count). The van der Waals surface area contributed by atoms with Gasteiger partial charge in [-0.3, -0.25) is 4.98 Å². The number of ether oxygens (including phenoxy) is 2. The van der Waals surface area contributed by atoms with Gasteiger partial charge in [0, 0.05) is 41.5 Å². The topological polar surface area (TPSA) is 84.4 Å². The first kappa shape index (κ1) is 23.7. The third-order valence-electron chi connectivity index (χ3n) is 6.16. The Balaban J connectivity index is 1.28. The molecule has 10 heteroatoms. The van der Waals surface area contributed by atoms with E-state index in [2.05, 4.69) is 44.6 Å². The summed E-state index contributed by atoms with van der Waals surface area (Å²) in [5.41, 5.74) is 1.47. The van der Waals surface area contributed by atoms with Crippen molar-refractivity contribution in [3.63, 3.8) is 0 Å². The van der Waals surface area contributed by atoms with Crippen LogP contribution in [0.4, 0.5) is 31.9 Å². The number of nitrogens with zero attached hydrogens (tertiary/aromatic N) is 4. The largest absolute Gasteiger partial charge is 0.493 e. The van der Waals surface area contributed by atoms with Crippen LogP contribution in [-0.4, -0.2) is 53.2 Å². The fourth-order valence-electron chi connectivity index (χ4n) is 4.06. The van der Waals surface area contributed by atoms with E-state index < -0.39 is 11.6 Å². The van der Waals surface area contributed by atoms with Crippen molar-refractivity contribution in [2.75, 3.05) is 31.8 Å². The highest BCUT2D eigenvalue weighted by Crippen LogP contribution is 2.36. The van der Waals surface area contributed by atoms with Gasteiger partial charge in [0.25, 0.3) is 0 Å². The lowest BCUT2D eigenvalue weighted by Gasteiger charge is -2.39. The molecule has 1 saturated carbocycles. The lowest BCUT2D eigenvalue weighted by molar-refractivity contribution is 0.0383. The molecule has 0 spiro atoms. The van der Waals surface area contributed by atoms with E-state index in [0.29, 0.717) is 35.0 Å². The average molecular weight is 493 g/mol. The van der Waals surface area contributed by atoms with Gasteiger partial charge in [0.2, 0.25) is 5.95 Å². The van der Waals surface area contributed by atoms with Gasteiger partial charge in [-0.1, -0.05) is 0 Å². The van der Waals surface area contributed by atoms with Gasteiger partial charge in [-0.2, -0.15) is 4.98 Å². The Labute approximate surface area is 207 Å². The normalized spacial score (nSPS) is 17.1. The molecule has 36 heavy (non-hydrogen) atoms. The van der Waals surface area contributed by atoms with Gasteiger partial charge >= 0.3 is 0 Å². The molecule has 0 aliphatic heterocycles. The van der Waals surface area contributed by atoms with Gasteiger partial charge in [-0.15, -0.1) is 0 Å². The molecule has 0 bridgehead atoms. The first-order chi connectivity index (χ1) is 17.4. The van der Waals surface area contributed by atoms with Gasteiger partial charge in [0.05, 0.1) is 24.5 Å². The minimum atomic E-state index is -0.678. The van der Waals surface area contributed by atoms with Crippen molar-refractivity contribution in [1.29, 1.82) is 0 Å². The number of halogens is 2. The molecule has 2 N–H and O–H groups in total. The molecule has 0 radical (unpaired) electrons. The Morgan fingerprint density at radius 3 is 2.56 bits per heavy atom. The van der Waals surface area contributed by atoms with Gasteiger partial charge in [-0.05, 0) is 51.2 Å². The van der Waals surface area contributed by atoms with Crippen LogP contribution < -0.4 is 20.1 Å². The minimum absolute atomic E-state index is 0.174. The second-order valence-corrected chi connectivity index (χ2v) is 8.89. The highest BCUT2D eigenvalue weighted by atomic mass is 19.1. The van der Waals surface area contributed by atoms with Gasteiger partial charge in [0.15, 0.2) is 11.5 Å². The Morgan fingerprint density at radius 2 is 1.78 bits per heavy atom. The fraction of sp³-hybridized carbons (Fsp3) is 0.269. The number of nitrogens with one attached hydrogen (secondary N) is 2. The van der Waals surface area contributed by atoms with Gasteiger partial charge in [0.1, 0.15) is 23.6 Å². The average Bonchev–Trinajstić information content (AvgIpc) is 2.82. The van der Waals surface area contributed by atoms with Crippen molar-refractivity contribution in [1.82, 2.24) is 19.9 Å². The molecule has 1 aliphatic rings. The summed E-state index contributed by atoms with van der Waals surface area (Å²) < 4.78 is 39.2. The van der Waals surface area contributed by atoms with Crippen LogP contribution >= 0.6 is 0 Å². The van der Waals surface area contributed by atoms with Crippen molar-refractivity contribution in [2.24, 2.45) is 0 Å². The summed E-state index contributed by atoms with van der Waals surface area (Å²) in [6.45, 7) is 0. The molecule has 1 fully saturated rings. The maximum absolute atomic E-state index is 14.1. The quantitative estimate of drug-likeness (QED) is 0.344. The predicted octanol–water partition coefficient (Wildman–Crippen LogP) is 5.27. The summed E-state index contributed by atoms with van der Waals surface area (Å²) in [6, 6.07) is 11.4. The van der Waals surface area contributed by atoms with Crippen molar-refractivity contribution in [2.45, 2.75) is 25.0 Å².